The zero-order valence-electron chi connectivity index (χ0n) is 13.7. The number of thioether (sulfide) groups is 1. The molecule has 1 fully saturated rings. The predicted molar refractivity (Wildman–Crippen MR) is 96.2 cm³/mol. The molecule has 1 atom stereocenters. The summed E-state index contributed by atoms with van der Waals surface area (Å²) in [5.41, 5.74) is 0.898. The Morgan fingerprint density at radius 1 is 1.28 bits per heavy atom. The van der Waals surface area contributed by atoms with Crippen molar-refractivity contribution in [3.05, 3.63) is 35.1 Å². The van der Waals surface area contributed by atoms with Gasteiger partial charge < -0.3 is 5.32 Å². The zero-order chi connectivity index (χ0) is 17.8. The van der Waals surface area contributed by atoms with E-state index in [1.54, 1.807) is 11.8 Å². The summed E-state index contributed by atoms with van der Waals surface area (Å²) in [6.07, 6.45) is 1.66. The maximum Gasteiger partial charge on any atom is 0.321 e. The molecule has 2 heterocycles. The molecule has 2 aromatic rings. The van der Waals surface area contributed by atoms with E-state index in [1.165, 1.54) is 0 Å². The van der Waals surface area contributed by atoms with E-state index in [9.17, 15) is 9.59 Å². The van der Waals surface area contributed by atoms with Crippen LogP contribution in [-0.4, -0.2) is 38.5 Å². The summed E-state index contributed by atoms with van der Waals surface area (Å²) in [5.74, 6) is 1.33. The molecule has 0 spiro atoms. The van der Waals surface area contributed by atoms with E-state index in [2.05, 4.69) is 27.8 Å². The Bertz CT molecular complexity index is 761. The second-order valence-electron chi connectivity index (χ2n) is 5.69. The maximum absolute atomic E-state index is 11.6. The summed E-state index contributed by atoms with van der Waals surface area (Å²) in [7, 11) is 0. The Kier molecular flexibility index (Phi) is 5.60. The van der Waals surface area contributed by atoms with Crippen LogP contribution in [0.15, 0.2) is 29.4 Å². The summed E-state index contributed by atoms with van der Waals surface area (Å²) in [6.45, 7) is 2.10. The standard InChI is InChI=1S/C16H18ClN5O2S/c1-2-7-25-16-21-20-13(8-11-9-14(23)19-15(24)18-11)22(16)12-5-3-10(17)4-6-12/h3-6,11H,2,7-9H2,1H3,(H2,18,19,23,24). The molecule has 9 heteroatoms. The van der Waals surface area contributed by atoms with Crippen molar-refractivity contribution in [2.24, 2.45) is 0 Å². The molecular formula is C16H18ClN5O2S. The van der Waals surface area contributed by atoms with Crippen molar-refractivity contribution >= 4 is 35.3 Å². The Balaban J connectivity index is 1.90. The number of nitrogens with zero attached hydrogens (tertiary/aromatic N) is 3. The summed E-state index contributed by atoms with van der Waals surface area (Å²) < 4.78 is 1.95. The van der Waals surface area contributed by atoms with Gasteiger partial charge in [-0.25, -0.2) is 4.79 Å². The van der Waals surface area contributed by atoms with Gasteiger partial charge in [-0.05, 0) is 30.7 Å². The fraction of sp³-hybridized carbons (Fsp3) is 0.375. The molecule has 25 heavy (non-hydrogen) atoms. The van der Waals surface area contributed by atoms with Crippen LogP contribution in [-0.2, 0) is 11.2 Å². The van der Waals surface area contributed by atoms with Crippen LogP contribution in [0, 0.1) is 0 Å². The Hall–Kier alpha value is -2.06. The van der Waals surface area contributed by atoms with E-state index in [0.717, 1.165) is 23.0 Å². The van der Waals surface area contributed by atoms with Gasteiger partial charge in [-0.2, -0.15) is 0 Å². The molecule has 0 saturated carbocycles. The van der Waals surface area contributed by atoms with E-state index < -0.39 is 6.03 Å². The minimum Gasteiger partial charge on any atom is -0.334 e. The van der Waals surface area contributed by atoms with Crippen LogP contribution >= 0.6 is 23.4 Å². The molecule has 1 saturated heterocycles. The average Bonchev–Trinajstić information content (AvgIpc) is 2.95. The zero-order valence-corrected chi connectivity index (χ0v) is 15.2. The highest BCUT2D eigenvalue weighted by Crippen LogP contribution is 2.24. The van der Waals surface area contributed by atoms with Gasteiger partial charge in [0.2, 0.25) is 5.91 Å². The minimum atomic E-state index is -0.473. The third kappa shape index (κ3) is 4.32. The normalized spacial score (nSPS) is 17.3. The van der Waals surface area contributed by atoms with Gasteiger partial charge in [-0.15, -0.1) is 10.2 Å². The van der Waals surface area contributed by atoms with Crippen molar-refractivity contribution in [1.82, 2.24) is 25.4 Å². The second kappa shape index (κ2) is 7.88. The van der Waals surface area contributed by atoms with Gasteiger partial charge in [0.15, 0.2) is 5.16 Å². The average molecular weight is 380 g/mol. The molecule has 132 valence electrons. The van der Waals surface area contributed by atoms with E-state index in [1.807, 2.05) is 28.8 Å². The summed E-state index contributed by atoms with van der Waals surface area (Å²) >= 11 is 7.61. The van der Waals surface area contributed by atoms with Crippen LogP contribution < -0.4 is 10.6 Å². The van der Waals surface area contributed by atoms with Gasteiger partial charge in [0.1, 0.15) is 5.82 Å². The first-order valence-corrected chi connectivity index (χ1v) is 9.36. The van der Waals surface area contributed by atoms with Gasteiger partial charge in [-0.1, -0.05) is 30.3 Å². The van der Waals surface area contributed by atoms with Crippen molar-refractivity contribution in [1.29, 1.82) is 0 Å². The summed E-state index contributed by atoms with van der Waals surface area (Å²) in [6, 6.07) is 6.64. The molecule has 3 amide bonds. The Labute approximate surface area is 154 Å². The van der Waals surface area contributed by atoms with Gasteiger partial charge in [0.25, 0.3) is 0 Å². The van der Waals surface area contributed by atoms with E-state index >= 15 is 0 Å². The van der Waals surface area contributed by atoms with Crippen LogP contribution in [0.3, 0.4) is 0 Å². The molecule has 1 unspecified atom stereocenters. The third-order valence-corrected chi connectivity index (χ3v) is 5.06. The van der Waals surface area contributed by atoms with Crippen LogP contribution in [0.5, 0.6) is 0 Å². The molecule has 1 aliphatic heterocycles. The number of benzene rings is 1. The first-order chi connectivity index (χ1) is 12.1. The van der Waals surface area contributed by atoms with Crippen molar-refractivity contribution in [3.63, 3.8) is 0 Å². The molecule has 7 nitrogen and oxygen atoms in total. The number of amides is 3. The lowest BCUT2D eigenvalue weighted by atomic mass is 10.1. The number of carbonyl (C=O) groups excluding carboxylic acids is 2. The smallest absolute Gasteiger partial charge is 0.321 e. The molecule has 1 aromatic heterocycles. The first kappa shape index (κ1) is 17.8. The van der Waals surface area contributed by atoms with Crippen molar-refractivity contribution in [3.8, 4) is 5.69 Å². The van der Waals surface area contributed by atoms with Gasteiger partial charge in [-0.3, -0.25) is 14.7 Å². The number of imide groups is 1. The van der Waals surface area contributed by atoms with Crippen LogP contribution in [0.4, 0.5) is 4.79 Å². The lowest BCUT2D eigenvalue weighted by Gasteiger charge is -2.23. The van der Waals surface area contributed by atoms with Gasteiger partial charge in [0, 0.05) is 35.3 Å². The quantitative estimate of drug-likeness (QED) is 0.753. The lowest BCUT2D eigenvalue weighted by molar-refractivity contribution is -0.121. The Morgan fingerprint density at radius 3 is 2.72 bits per heavy atom. The number of carbonyl (C=O) groups is 2. The number of nitrogens with one attached hydrogen (secondary N) is 2. The highest BCUT2D eigenvalue weighted by molar-refractivity contribution is 7.99. The number of halogens is 1. The van der Waals surface area contributed by atoms with Gasteiger partial charge in [0.05, 0.1) is 0 Å². The monoisotopic (exact) mass is 379 g/mol. The largest absolute Gasteiger partial charge is 0.334 e. The topological polar surface area (TPSA) is 88.9 Å². The number of rotatable bonds is 6. The second-order valence-corrected chi connectivity index (χ2v) is 7.18. The van der Waals surface area contributed by atoms with Crippen LogP contribution in [0.2, 0.25) is 5.02 Å². The third-order valence-electron chi connectivity index (χ3n) is 3.67. The molecule has 3 rings (SSSR count). The summed E-state index contributed by atoms with van der Waals surface area (Å²) in [4.78, 5) is 23.1. The molecule has 0 bridgehead atoms. The fourth-order valence-electron chi connectivity index (χ4n) is 2.59. The van der Waals surface area contributed by atoms with E-state index in [0.29, 0.717) is 17.3 Å². The van der Waals surface area contributed by atoms with E-state index in [4.69, 9.17) is 11.6 Å². The number of hydrogen-bond acceptors (Lipinski definition) is 5. The molecule has 1 aliphatic rings. The molecule has 1 aromatic carbocycles. The van der Waals surface area contributed by atoms with Crippen LogP contribution in [0.1, 0.15) is 25.6 Å². The van der Waals surface area contributed by atoms with Crippen LogP contribution in [0.25, 0.3) is 5.69 Å². The van der Waals surface area contributed by atoms with E-state index in [-0.39, 0.29) is 18.4 Å². The Morgan fingerprint density at radius 2 is 2.04 bits per heavy atom. The SMILES string of the molecule is CCCSc1nnc(CC2CC(=O)NC(=O)N2)n1-c1ccc(Cl)cc1. The molecule has 2 N–H and O–H groups in total. The lowest BCUT2D eigenvalue weighted by Crippen LogP contribution is -2.53. The molecular weight excluding hydrogens is 362 g/mol. The van der Waals surface area contributed by atoms with Gasteiger partial charge >= 0.3 is 6.03 Å². The minimum absolute atomic E-state index is 0.219. The fourth-order valence-corrected chi connectivity index (χ4v) is 3.54. The first-order valence-electron chi connectivity index (χ1n) is 8.00. The summed E-state index contributed by atoms with van der Waals surface area (Å²) in [5, 5.41) is 15.0. The highest BCUT2D eigenvalue weighted by atomic mass is 35.5. The van der Waals surface area contributed by atoms with Crippen molar-refractivity contribution in [2.45, 2.75) is 37.4 Å². The molecule has 0 radical (unpaired) electrons. The number of aromatic nitrogens is 3. The van der Waals surface area contributed by atoms with Crippen molar-refractivity contribution < 1.29 is 9.59 Å². The number of urea groups is 1. The maximum atomic E-state index is 11.6. The predicted octanol–water partition coefficient (Wildman–Crippen LogP) is 2.56. The van der Waals surface area contributed by atoms with Crippen molar-refractivity contribution in [2.75, 3.05) is 5.75 Å². The number of hydrogen-bond donors (Lipinski definition) is 2. The molecule has 0 aliphatic carbocycles. The highest BCUT2D eigenvalue weighted by Gasteiger charge is 2.26.